The molecule has 0 radical (unpaired) electrons. The van der Waals surface area contributed by atoms with Gasteiger partial charge in [-0.3, -0.25) is 4.79 Å². The molecule has 0 spiro atoms. The van der Waals surface area contributed by atoms with Crippen LogP contribution in [0.2, 0.25) is 10.0 Å². The zero-order valence-corrected chi connectivity index (χ0v) is 12.4. The fraction of sp³-hybridized carbons (Fsp3) is 0.133. The van der Waals surface area contributed by atoms with Gasteiger partial charge in [0.15, 0.2) is 11.5 Å². The van der Waals surface area contributed by atoms with E-state index >= 15 is 0 Å². The summed E-state index contributed by atoms with van der Waals surface area (Å²) in [6.07, 6.45) is 0.223. The standard InChI is InChI=1S/C15H11Cl2NO3/c16-10-5-11(17)7-12(6-10)18-15(19)4-9-1-2-13-14(3-9)21-8-20-13/h1-3,5-7H,4,8H2,(H,18,19). The van der Waals surface area contributed by atoms with Gasteiger partial charge in [0.25, 0.3) is 0 Å². The van der Waals surface area contributed by atoms with Gasteiger partial charge >= 0.3 is 0 Å². The summed E-state index contributed by atoms with van der Waals surface area (Å²) in [5, 5.41) is 3.71. The summed E-state index contributed by atoms with van der Waals surface area (Å²) in [4.78, 5) is 12.0. The van der Waals surface area contributed by atoms with Crippen LogP contribution in [0.3, 0.4) is 0 Å². The Bertz CT molecular complexity index is 683. The molecule has 1 aliphatic heterocycles. The van der Waals surface area contributed by atoms with Crippen molar-refractivity contribution in [3.8, 4) is 11.5 Å². The van der Waals surface area contributed by atoms with Crippen molar-refractivity contribution in [3.63, 3.8) is 0 Å². The third-order valence-electron chi connectivity index (χ3n) is 2.95. The van der Waals surface area contributed by atoms with Crippen molar-refractivity contribution in [1.29, 1.82) is 0 Å². The Morgan fingerprint density at radius 1 is 1.05 bits per heavy atom. The zero-order valence-electron chi connectivity index (χ0n) is 10.9. The molecule has 1 N–H and O–H groups in total. The second-order valence-corrected chi connectivity index (χ2v) is 5.44. The third kappa shape index (κ3) is 3.40. The second-order valence-electron chi connectivity index (χ2n) is 4.57. The molecule has 0 saturated carbocycles. The van der Waals surface area contributed by atoms with Crippen molar-refractivity contribution in [1.82, 2.24) is 0 Å². The lowest BCUT2D eigenvalue weighted by Crippen LogP contribution is -2.14. The zero-order chi connectivity index (χ0) is 14.8. The van der Waals surface area contributed by atoms with Crippen LogP contribution in [-0.2, 0) is 11.2 Å². The van der Waals surface area contributed by atoms with Gasteiger partial charge in [-0.2, -0.15) is 0 Å². The van der Waals surface area contributed by atoms with Gasteiger partial charge in [0, 0.05) is 15.7 Å². The van der Waals surface area contributed by atoms with E-state index in [2.05, 4.69) is 5.32 Å². The van der Waals surface area contributed by atoms with Crippen molar-refractivity contribution in [2.24, 2.45) is 0 Å². The first-order chi connectivity index (χ1) is 10.1. The minimum Gasteiger partial charge on any atom is -0.454 e. The fourth-order valence-electron chi connectivity index (χ4n) is 2.07. The number of ether oxygens (including phenoxy) is 2. The molecule has 1 aliphatic rings. The van der Waals surface area contributed by atoms with Gasteiger partial charge in [0.05, 0.1) is 6.42 Å². The van der Waals surface area contributed by atoms with E-state index in [0.29, 0.717) is 27.2 Å². The number of carbonyl (C=O) groups excluding carboxylic acids is 1. The highest BCUT2D eigenvalue weighted by Crippen LogP contribution is 2.32. The Kier molecular flexibility index (Phi) is 3.90. The normalized spacial score (nSPS) is 12.3. The number of carbonyl (C=O) groups is 1. The van der Waals surface area contributed by atoms with Crippen molar-refractivity contribution < 1.29 is 14.3 Å². The lowest BCUT2D eigenvalue weighted by atomic mass is 10.1. The van der Waals surface area contributed by atoms with Gasteiger partial charge in [-0.05, 0) is 35.9 Å². The summed E-state index contributed by atoms with van der Waals surface area (Å²) >= 11 is 11.8. The SMILES string of the molecule is O=C(Cc1ccc2c(c1)OCO2)Nc1cc(Cl)cc(Cl)c1. The average molecular weight is 324 g/mol. The highest BCUT2D eigenvalue weighted by molar-refractivity contribution is 6.35. The topological polar surface area (TPSA) is 47.6 Å². The largest absolute Gasteiger partial charge is 0.454 e. The van der Waals surface area contributed by atoms with E-state index in [1.165, 1.54) is 0 Å². The summed E-state index contributed by atoms with van der Waals surface area (Å²) in [5.41, 5.74) is 1.41. The number of anilines is 1. The molecular weight excluding hydrogens is 313 g/mol. The van der Waals surface area contributed by atoms with Crippen LogP contribution in [0.15, 0.2) is 36.4 Å². The first-order valence-electron chi connectivity index (χ1n) is 6.24. The second kappa shape index (κ2) is 5.84. The minimum atomic E-state index is -0.160. The molecule has 3 rings (SSSR count). The highest BCUT2D eigenvalue weighted by Gasteiger charge is 2.14. The quantitative estimate of drug-likeness (QED) is 0.931. The summed E-state index contributed by atoms with van der Waals surface area (Å²) in [5.74, 6) is 1.19. The van der Waals surface area contributed by atoms with Crippen molar-refractivity contribution in [2.75, 3.05) is 12.1 Å². The summed E-state index contributed by atoms with van der Waals surface area (Å²) in [6.45, 7) is 0.214. The molecule has 0 bridgehead atoms. The minimum absolute atomic E-state index is 0.160. The molecule has 0 aromatic heterocycles. The lowest BCUT2D eigenvalue weighted by molar-refractivity contribution is -0.115. The highest BCUT2D eigenvalue weighted by atomic mass is 35.5. The first kappa shape index (κ1) is 14.0. The molecule has 0 fully saturated rings. The molecular formula is C15H11Cl2NO3. The van der Waals surface area contributed by atoms with Crippen LogP contribution in [0.5, 0.6) is 11.5 Å². The fourth-order valence-corrected chi connectivity index (χ4v) is 2.59. The Labute approximate surface area is 131 Å². The molecule has 1 amide bonds. The molecule has 1 heterocycles. The number of halogens is 2. The number of hydrogen-bond acceptors (Lipinski definition) is 3. The van der Waals surface area contributed by atoms with E-state index < -0.39 is 0 Å². The first-order valence-corrected chi connectivity index (χ1v) is 7.00. The maximum absolute atomic E-state index is 12.0. The molecule has 2 aromatic rings. The number of hydrogen-bond donors (Lipinski definition) is 1. The van der Waals surface area contributed by atoms with E-state index in [0.717, 1.165) is 5.56 Å². The smallest absolute Gasteiger partial charge is 0.231 e. The molecule has 6 heteroatoms. The molecule has 0 aliphatic carbocycles. The van der Waals surface area contributed by atoms with Gasteiger partial charge in [-0.15, -0.1) is 0 Å². The van der Waals surface area contributed by atoms with Crippen molar-refractivity contribution >= 4 is 34.8 Å². The van der Waals surface area contributed by atoms with Gasteiger partial charge in [0.1, 0.15) is 0 Å². The van der Waals surface area contributed by atoms with E-state index in [1.807, 2.05) is 6.07 Å². The molecule has 0 atom stereocenters. The van der Waals surface area contributed by atoms with E-state index in [-0.39, 0.29) is 19.1 Å². The number of benzene rings is 2. The number of fused-ring (bicyclic) bond motifs is 1. The van der Waals surface area contributed by atoms with Crippen LogP contribution in [-0.4, -0.2) is 12.7 Å². The number of rotatable bonds is 3. The predicted molar refractivity (Wildman–Crippen MR) is 81.4 cm³/mol. The van der Waals surface area contributed by atoms with Crippen LogP contribution in [0.25, 0.3) is 0 Å². The van der Waals surface area contributed by atoms with Crippen molar-refractivity contribution in [3.05, 3.63) is 52.0 Å². The molecule has 0 unspecified atom stereocenters. The Morgan fingerprint density at radius 2 is 1.76 bits per heavy atom. The molecule has 2 aromatic carbocycles. The monoisotopic (exact) mass is 323 g/mol. The number of amides is 1. The number of nitrogens with one attached hydrogen (secondary N) is 1. The van der Waals surface area contributed by atoms with Crippen LogP contribution in [0.1, 0.15) is 5.56 Å². The molecule has 108 valence electrons. The van der Waals surface area contributed by atoms with Gasteiger partial charge in [0.2, 0.25) is 12.7 Å². The summed E-state index contributed by atoms with van der Waals surface area (Å²) in [6, 6.07) is 10.3. The van der Waals surface area contributed by atoms with E-state index in [1.54, 1.807) is 30.3 Å². The molecule has 4 nitrogen and oxygen atoms in total. The Hall–Kier alpha value is -1.91. The van der Waals surface area contributed by atoms with Crippen molar-refractivity contribution in [2.45, 2.75) is 6.42 Å². The van der Waals surface area contributed by atoms with Crippen LogP contribution < -0.4 is 14.8 Å². The predicted octanol–water partition coefficient (Wildman–Crippen LogP) is 3.90. The Morgan fingerprint density at radius 3 is 2.52 bits per heavy atom. The average Bonchev–Trinajstić information content (AvgIpc) is 2.84. The molecule has 21 heavy (non-hydrogen) atoms. The summed E-state index contributed by atoms with van der Waals surface area (Å²) < 4.78 is 10.5. The van der Waals surface area contributed by atoms with Gasteiger partial charge in [-0.25, -0.2) is 0 Å². The molecule has 0 saturated heterocycles. The van der Waals surface area contributed by atoms with Gasteiger partial charge < -0.3 is 14.8 Å². The van der Waals surface area contributed by atoms with E-state index in [9.17, 15) is 4.79 Å². The lowest BCUT2D eigenvalue weighted by Gasteiger charge is -2.07. The van der Waals surface area contributed by atoms with Crippen LogP contribution in [0.4, 0.5) is 5.69 Å². The Balaban J connectivity index is 1.69. The van der Waals surface area contributed by atoms with Crippen LogP contribution >= 0.6 is 23.2 Å². The van der Waals surface area contributed by atoms with Crippen LogP contribution in [0, 0.1) is 0 Å². The maximum Gasteiger partial charge on any atom is 0.231 e. The summed E-state index contributed by atoms with van der Waals surface area (Å²) in [7, 11) is 0. The van der Waals surface area contributed by atoms with E-state index in [4.69, 9.17) is 32.7 Å². The maximum atomic E-state index is 12.0. The van der Waals surface area contributed by atoms with Gasteiger partial charge in [-0.1, -0.05) is 29.3 Å². The third-order valence-corrected chi connectivity index (χ3v) is 3.38.